The molecule has 1 atom stereocenters. The lowest BCUT2D eigenvalue weighted by molar-refractivity contribution is -0.117. The summed E-state index contributed by atoms with van der Waals surface area (Å²) in [6.45, 7) is 0. The number of hydrogen-bond acceptors (Lipinski definition) is 5. The Labute approximate surface area is 122 Å². The van der Waals surface area contributed by atoms with E-state index in [4.69, 9.17) is 11.5 Å². The van der Waals surface area contributed by atoms with Crippen molar-refractivity contribution in [3.63, 3.8) is 0 Å². The Balaban J connectivity index is 2.63. The van der Waals surface area contributed by atoms with Crippen LogP contribution in [0.2, 0.25) is 0 Å². The van der Waals surface area contributed by atoms with Crippen molar-refractivity contribution in [1.82, 2.24) is 0 Å². The predicted octanol–water partition coefficient (Wildman–Crippen LogP) is -0.122. The zero-order chi connectivity index (χ0) is 16.0. The van der Waals surface area contributed by atoms with Gasteiger partial charge in [0.1, 0.15) is 9.84 Å². The molecule has 0 fully saturated rings. The maximum atomic E-state index is 11.8. The largest absolute Gasteiger partial charge is 0.351 e. The van der Waals surface area contributed by atoms with Crippen LogP contribution in [0.5, 0.6) is 0 Å². The molecule has 0 aliphatic rings. The van der Waals surface area contributed by atoms with Crippen molar-refractivity contribution in [2.75, 3.05) is 22.6 Å². The Morgan fingerprint density at radius 3 is 2.33 bits per heavy atom. The summed E-state index contributed by atoms with van der Waals surface area (Å²) in [4.78, 5) is 22.6. The van der Waals surface area contributed by atoms with E-state index in [-0.39, 0.29) is 12.2 Å². The van der Waals surface area contributed by atoms with Crippen LogP contribution >= 0.6 is 0 Å². The zero-order valence-corrected chi connectivity index (χ0v) is 12.3. The molecule has 1 unspecified atom stereocenters. The van der Waals surface area contributed by atoms with Crippen LogP contribution in [0.15, 0.2) is 24.3 Å². The number of nitrogens with two attached hydrogens (primary N) is 2. The van der Waals surface area contributed by atoms with Crippen molar-refractivity contribution in [3.05, 3.63) is 24.3 Å². The van der Waals surface area contributed by atoms with Crippen LogP contribution in [0.1, 0.15) is 6.42 Å². The zero-order valence-electron chi connectivity index (χ0n) is 11.5. The van der Waals surface area contributed by atoms with Crippen molar-refractivity contribution < 1.29 is 18.0 Å². The number of rotatable bonds is 6. The van der Waals surface area contributed by atoms with Gasteiger partial charge in [-0.3, -0.25) is 4.79 Å². The molecular formula is C12H18N4O4S. The van der Waals surface area contributed by atoms with Crippen molar-refractivity contribution in [3.8, 4) is 0 Å². The summed E-state index contributed by atoms with van der Waals surface area (Å²) in [6, 6.07) is 4.67. The van der Waals surface area contributed by atoms with Gasteiger partial charge in [0.2, 0.25) is 5.91 Å². The minimum Gasteiger partial charge on any atom is -0.351 e. The molecule has 0 aliphatic heterocycles. The van der Waals surface area contributed by atoms with Crippen molar-refractivity contribution >= 4 is 33.2 Å². The maximum absolute atomic E-state index is 11.8. The second kappa shape index (κ2) is 7.04. The number of carbonyl (C=O) groups is 2. The Hall–Kier alpha value is -2.13. The van der Waals surface area contributed by atoms with Gasteiger partial charge in [0, 0.05) is 17.6 Å². The molecule has 1 rings (SSSR count). The first-order valence-electron chi connectivity index (χ1n) is 6.08. The highest BCUT2D eigenvalue weighted by Gasteiger charge is 2.16. The predicted molar refractivity (Wildman–Crippen MR) is 80.6 cm³/mol. The third-order valence-electron chi connectivity index (χ3n) is 2.53. The first-order chi connectivity index (χ1) is 9.67. The molecule has 0 saturated heterocycles. The Morgan fingerprint density at radius 1 is 1.24 bits per heavy atom. The SMILES string of the molecule is CS(=O)(=O)CCC(N)C(=O)Nc1cccc(NC(N)=O)c1. The highest BCUT2D eigenvalue weighted by atomic mass is 32.2. The topological polar surface area (TPSA) is 144 Å². The van der Waals surface area contributed by atoms with Crippen LogP contribution in [0.4, 0.5) is 16.2 Å². The number of sulfone groups is 1. The summed E-state index contributed by atoms with van der Waals surface area (Å²) in [5.41, 5.74) is 11.5. The first-order valence-corrected chi connectivity index (χ1v) is 8.14. The summed E-state index contributed by atoms with van der Waals surface area (Å²) in [6.07, 6.45) is 1.11. The number of hydrogen-bond donors (Lipinski definition) is 4. The molecule has 116 valence electrons. The van der Waals surface area contributed by atoms with Gasteiger partial charge in [0.15, 0.2) is 0 Å². The molecular weight excluding hydrogens is 296 g/mol. The highest BCUT2D eigenvalue weighted by Crippen LogP contribution is 2.15. The van der Waals surface area contributed by atoms with E-state index in [1.807, 2.05) is 0 Å². The maximum Gasteiger partial charge on any atom is 0.316 e. The number of amides is 3. The molecule has 6 N–H and O–H groups in total. The monoisotopic (exact) mass is 314 g/mol. The van der Waals surface area contributed by atoms with Crippen molar-refractivity contribution in [1.29, 1.82) is 0 Å². The number of primary amides is 1. The molecule has 0 bridgehead atoms. The van der Waals surface area contributed by atoms with Crippen LogP contribution in [-0.2, 0) is 14.6 Å². The van der Waals surface area contributed by atoms with Gasteiger partial charge in [-0.15, -0.1) is 0 Å². The highest BCUT2D eigenvalue weighted by molar-refractivity contribution is 7.90. The van der Waals surface area contributed by atoms with Crippen LogP contribution in [0.25, 0.3) is 0 Å². The number of carbonyl (C=O) groups excluding carboxylic acids is 2. The van der Waals surface area contributed by atoms with E-state index in [0.29, 0.717) is 11.4 Å². The van der Waals surface area contributed by atoms with Crippen LogP contribution in [0.3, 0.4) is 0 Å². The summed E-state index contributed by atoms with van der Waals surface area (Å²) in [7, 11) is -3.17. The lowest BCUT2D eigenvalue weighted by Crippen LogP contribution is -2.37. The minimum absolute atomic E-state index is 0.0316. The lowest BCUT2D eigenvalue weighted by atomic mass is 10.2. The third kappa shape index (κ3) is 6.72. The molecule has 0 saturated carbocycles. The minimum atomic E-state index is -3.17. The van der Waals surface area contributed by atoms with Gasteiger partial charge >= 0.3 is 6.03 Å². The van der Waals surface area contributed by atoms with E-state index in [9.17, 15) is 18.0 Å². The van der Waals surface area contributed by atoms with E-state index in [0.717, 1.165) is 6.26 Å². The second-order valence-corrected chi connectivity index (χ2v) is 6.84. The summed E-state index contributed by atoms with van der Waals surface area (Å²) < 4.78 is 22.0. The lowest BCUT2D eigenvalue weighted by Gasteiger charge is -2.12. The average molecular weight is 314 g/mol. The summed E-state index contributed by atoms with van der Waals surface area (Å²) >= 11 is 0. The number of benzene rings is 1. The molecule has 0 heterocycles. The Morgan fingerprint density at radius 2 is 1.81 bits per heavy atom. The van der Waals surface area contributed by atoms with Gasteiger partial charge in [0.25, 0.3) is 0 Å². The van der Waals surface area contributed by atoms with Gasteiger partial charge in [-0.05, 0) is 24.6 Å². The van der Waals surface area contributed by atoms with E-state index >= 15 is 0 Å². The molecule has 1 aromatic rings. The van der Waals surface area contributed by atoms with E-state index in [1.165, 1.54) is 6.07 Å². The molecule has 3 amide bonds. The Bertz CT molecular complexity index is 630. The quantitative estimate of drug-likeness (QED) is 0.578. The number of urea groups is 1. The summed E-state index contributed by atoms with van der Waals surface area (Å²) in [5.74, 6) is -0.667. The standard InChI is InChI=1S/C12H18N4O4S/c1-21(19,20)6-5-10(13)11(17)15-8-3-2-4-9(7-8)16-12(14)18/h2-4,7,10H,5-6,13H2,1H3,(H,15,17)(H3,14,16,18). The fourth-order valence-corrected chi connectivity index (χ4v) is 2.21. The van der Waals surface area contributed by atoms with E-state index in [1.54, 1.807) is 18.2 Å². The van der Waals surface area contributed by atoms with Crippen LogP contribution in [0, 0.1) is 0 Å². The average Bonchev–Trinajstić information content (AvgIpc) is 2.34. The van der Waals surface area contributed by atoms with Gasteiger partial charge in [0.05, 0.1) is 11.8 Å². The van der Waals surface area contributed by atoms with E-state index in [2.05, 4.69) is 10.6 Å². The van der Waals surface area contributed by atoms with Gasteiger partial charge in [-0.1, -0.05) is 6.07 Å². The second-order valence-electron chi connectivity index (χ2n) is 4.58. The van der Waals surface area contributed by atoms with Gasteiger partial charge < -0.3 is 22.1 Å². The molecule has 8 nitrogen and oxygen atoms in total. The van der Waals surface area contributed by atoms with E-state index < -0.39 is 27.8 Å². The van der Waals surface area contributed by atoms with Gasteiger partial charge in [-0.25, -0.2) is 13.2 Å². The summed E-state index contributed by atoms with van der Waals surface area (Å²) in [5, 5.41) is 4.91. The third-order valence-corrected chi connectivity index (χ3v) is 3.51. The Kier molecular flexibility index (Phi) is 5.68. The fourth-order valence-electron chi connectivity index (χ4n) is 1.52. The smallest absolute Gasteiger partial charge is 0.316 e. The molecule has 21 heavy (non-hydrogen) atoms. The molecule has 0 aliphatic carbocycles. The van der Waals surface area contributed by atoms with Crippen molar-refractivity contribution in [2.24, 2.45) is 11.5 Å². The number of anilines is 2. The molecule has 0 aromatic heterocycles. The number of nitrogens with one attached hydrogen (secondary N) is 2. The van der Waals surface area contributed by atoms with Crippen LogP contribution in [-0.4, -0.2) is 38.4 Å². The first kappa shape index (κ1) is 16.9. The molecule has 1 aromatic carbocycles. The van der Waals surface area contributed by atoms with Gasteiger partial charge in [-0.2, -0.15) is 0 Å². The fraction of sp³-hybridized carbons (Fsp3) is 0.333. The molecule has 0 radical (unpaired) electrons. The van der Waals surface area contributed by atoms with Crippen LogP contribution < -0.4 is 22.1 Å². The van der Waals surface area contributed by atoms with Crippen molar-refractivity contribution in [2.45, 2.75) is 12.5 Å². The molecule has 0 spiro atoms. The molecule has 9 heteroatoms. The normalized spacial score (nSPS) is 12.5.